The summed E-state index contributed by atoms with van der Waals surface area (Å²) in [6.07, 6.45) is 4.02. The molecule has 0 aromatic heterocycles. The van der Waals surface area contributed by atoms with E-state index >= 15 is 0 Å². The molecule has 0 radical (unpaired) electrons. The van der Waals surface area contributed by atoms with Gasteiger partial charge in [0.2, 0.25) is 5.91 Å². The van der Waals surface area contributed by atoms with Gasteiger partial charge in [0, 0.05) is 19.1 Å². The van der Waals surface area contributed by atoms with Crippen molar-refractivity contribution in [1.29, 1.82) is 0 Å². The molecule has 0 saturated heterocycles. The molecule has 1 aromatic carbocycles. The van der Waals surface area contributed by atoms with Gasteiger partial charge < -0.3 is 15.7 Å². The summed E-state index contributed by atoms with van der Waals surface area (Å²) >= 11 is 0. The summed E-state index contributed by atoms with van der Waals surface area (Å²) in [6.45, 7) is 1.04. The third kappa shape index (κ3) is 2.45. The molecule has 2 aliphatic carbocycles. The molecular formula is C15H20N2O2. The standard InChI is InChI=1S/C15H20N2O2/c16-10-15(6-7-15)14(19)17(12-4-5-12)9-11-2-1-3-13(18)8-11/h1-3,8,12,18H,4-7,9-10,16H2. The average Bonchev–Trinajstić information content (AvgIpc) is 3.29. The van der Waals surface area contributed by atoms with Gasteiger partial charge in [-0.15, -0.1) is 0 Å². The zero-order valence-electron chi connectivity index (χ0n) is 11.0. The van der Waals surface area contributed by atoms with Gasteiger partial charge in [0.05, 0.1) is 5.41 Å². The van der Waals surface area contributed by atoms with E-state index in [9.17, 15) is 9.90 Å². The van der Waals surface area contributed by atoms with Crippen LogP contribution in [0.3, 0.4) is 0 Å². The molecule has 2 saturated carbocycles. The van der Waals surface area contributed by atoms with Gasteiger partial charge in [-0.2, -0.15) is 0 Å². The maximum atomic E-state index is 12.6. The molecule has 0 aliphatic heterocycles. The average molecular weight is 260 g/mol. The fourth-order valence-corrected chi connectivity index (χ4v) is 2.57. The molecule has 19 heavy (non-hydrogen) atoms. The van der Waals surface area contributed by atoms with Gasteiger partial charge in [-0.1, -0.05) is 12.1 Å². The van der Waals surface area contributed by atoms with Crippen molar-refractivity contribution in [3.05, 3.63) is 29.8 Å². The van der Waals surface area contributed by atoms with Crippen LogP contribution in [0.4, 0.5) is 0 Å². The molecule has 3 rings (SSSR count). The Hall–Kier alpha value is -1.55. The third-order valence-corrected chi connectivity index (χ3v) is 4.21. The molecular weight excluding hydrogens is 240 g/mol. The molecule has 102 valence electrons. The lowest BCUT2D eigenvalue weighted by atomic mass is 10.0. The molecule has 0 spiro atoms. The first-order valence-electron chi connectivity index (χ1n) is 6.94. The van der Waals surface area contributed by atoms with Crippen LogP contribution in [0.2, 0.25) is 0 Å². The first-order valence-corrected chi connectivity index (χ1v) is 6.94. The molecule has 4 nitrogen and oxygen atoms in total. The number of phenolic OH excluding ortho intramolecular Hbond substituents is 1. The second-order valence-electron chi connectivity index (χ2n) is 5.82. The van der Waals surface area contributed by atoms with Crippen molar-refractivity contribution in [3.8, 4) is 5.75 Å². The van der Waals surface area contributed by atoms with Gasteiger partial charge in [-0.3, -0.25) is 4.79 Å². The summed E-state index contributed by atoms with van der Waals surface area (Å²) in [6, 6.07) is 7.51. The SMILES string of the molecule is NCC1(C(=O)N(Cc2cccc(O)c2)C2CC2)CC1. The molecule has 3 N–H and O–H groups in total. The predicted molar refractivity (Wildman–Crippen MR) is 72.4 cm³/mol. The minimum absolute atomic E-state index is 0.209. The minimum Gasteiger partial charge on any atom is -0.508 e. The zero-order chi connectivity index (χ0) is 13.5. The van der Waals surface area contributed by atoms with E-state index in [1.54, 1.807) is 12.1 Å². The molecule has 0 heterocycles. The lowest BCUT2D eigenvalue weighted by molar-refractivity contribution is -0.137. The van der Waals surface area contributed by atoms with E-state index in [-0.39, 0.29) is 17.1 Å². The van der Waals surface area contributed by atoms with E-state index in [4.69, 9.17) is 5.73 Å². The topological polar surface area (TPSA) is 66.6 Å². The summed E-state index contributed by atoms with van der Waals surface area (Å²) in [7, 11) is 0. The van der Waals surface area contributed by atoms with Crippen LogP contribution in [0.25, 0.3) is 0 Å². The Morgan fingerprint density at radius 1 is 1.42 bits per heavy atom. The number of hydrogen-bond donors (Lipinski definition) is 2. The maximum absolute atomic E-state index is 12.6. The Morgan fingerprint density at radius 3 is 2.68 bits per heavy atom. The smallest absolute Gasteiger partial charge is 0.230 e. The van der Waals surface area contributed by atoms with Gasteiger partial charge in [0.15, 0.2) is 0 Å². The predicted octanol–water partition coefficient (Wildman–Crippen LogP) is 1.62. The number of carbonyl (C=O) groups is 1. The first-order chi connectivity index (χ1) is 9.14. The van der Waals surface area contributed by atoms with Crippen LogP contribution >= 0.6 is 0 Å². The summed E-state index contributed by atoms with van der Waals surface area (Å²) < 4.78 is 0. The van der Waals surface area contributed by atoms with E-state index in [0.717, 1.165) is 31.2 Å². The summed E-state index contributed by atoms with van der Waals surface area (Å²) in [4.78, 5) is 14.6. The lowest BCUT2D eigenvalue weighted by Crippen LogP contribution is -2.41. The number of benzene rings is 1. The maximum Gasteiger partial charge on any atom is 0.230 e. The number of carbonyl (C=O) groups excluding carboxylic acids is 1. The highest BCUT2D eigenvalue weighted by Gasteiger charge is 2.52. The summed E-state index contributed by atoms with van der Waals surface area (Å²) in [5.74, 6) is 0.460. The number of nitrogens with two attached hydrogens (primary N) is 1. The van der Waals surface area contributed by atoms with Gasteiger partial charge in [-0.25, -0.2) is 0 Å². The Morgan fingerprint density at radius 2 is 2.16 bits per heavy atom. The van der Waals surface area contributed by atoms with Crippen molar-refractivity contribution in [2.75, 3.05) is 6.54 Å². The number of aromatic hydroxyl groups is 1. The summed E-state index contributed by atoms with van der Waals surface area (Å²) in [5.41, 5.74) is 6.46. The number of phenols is 1. The number of nitrogens with zero attached hydrogens (tertiary/aromatic N) is 1. The van der Waals surface area contributed by atoms with E-state index in [0.29, 0.717) is 19.1 Å². The zero-order valence-corrected chi connectivity index (χ0v) is 11.0. The number of hydrogen-bond acceptors (Lipinski definition) is 3. The van der Waals surface area contributed by atoms with Crippen LogP contribution in [0.15, 0.2) is 24.3 Å². The second-order valence-corrected chi connectivity index (χ2v) is 5.82. The van der Waals surface area contributed by atoms with E-state index in [2.05, 4.69) is 0 Å². The van der Waals surface area contributed by atoms with E-state index < -0.39 is 0 Å². The van der Waals surface area contributed by atoms with Crippen molar-refractivity contribution >= 4 is 5.91 Å². The quantitative estimate of drug-likeness (QED) is 0.845. The van der Waals surface area contributed by atoms with Gasteiger partial charge in [0.1, 0.15) is 5.75 Å². The molecule has 1 aromatic rings. The molecule has 1 amide bonds. The van der Waals surface area contributed by atoms with Crippen LogP contribution in [-0.2, 0) is 11.3 Å². The van der Waals surface area contributed by atoms with Crippen molar-refractivity contribution in [1.82, 2.24) is 4.90 Å². The van der Waals surface area contributed by atoms with Crippen molar-refractivity contribution < 1.29 is 9.90 Å². The van der Waals surface area contributed by atoms with E-state index in [1.165, 1.54) is 0 Å². The van der Waals surface area contributed by atoms with Crippen LogP contribution in [-0.4, -0.2) is 28.5 Å². The monoisotopic (exact) mass is 260 g/mol. The molecule has 0 unspecified atom stereocenters. The van der Waals surface area contributed by atoms with Crippen LogP contribution in [0.5, 0.6) is 5.75 Å². The van der Waals surface area contributed by atoms with Gasteiger partial charge >= 0.3 is 0 Å². The van der Waals surface area contributed by atoms with Crippen LogP contribution in [0.1, 0.15) is 31.2 Å². The molecule has 2 aliphatic rings. The van der Waals surface area contributed by atoms with Crippen molar-refractivity contribution in [3.63, 3.8) is 0 Å². The minimum atomic E-state index is -0.278. The molecule has 0 atom stereocenters. The molecule has 0 bridgehead atoms. The fourth-order valence-electron chi connectivity index (χ4n) is 2.57. The van der Waals surface area contributed by atoms with Crippen molar-refractivity contribution in [2.45, 2.75) is 38.3 Å². The number of rotatable bonds is 5. The Labute approximate surface area is 113 Å². The van der Waals surface area contributed by atoms with Crippen molar-refractivity contribution in [2.24, 2.45) is 11.1 Å². The van der Waals surface area contributed by atoms with Crippen LogP contribution < -0.4 is 5.73 Å². The summed E-state index contributed by atoms with van der Waals surface area (Å²) in [5, 5.41) is 9.51. The third-order valence-electron chi connectivity index (χ3n) is 4.21. The Kier molecular flexibility index (Phi) is 2.97. The van der Waals surface area contributed by atoms with Gasteiger partial charge in [-0.05, 0) is 43.4 Å². The van der Waals surface area contributed by atoms with Crippen LogP contribution in [0, 0.1) is 5.41 Å². The van der Waals surface area contributed by atoms with E-state index in [1.807, 2.05) is 17.0 Å². The normalized spacial score (nSPS) is 20.1. The lowest BCUT2D eigenvalue weighted by Gasteiger charge is -2.27. The Balaban J connectivity index is 1.76. The first kappa shape index (κ1) is 12.5. The Bertz CT molecular complexity index is 493. The highest BCUT2D eigenvalue weighted by atomic mass is 16.3. The highest BCUT2D eigenvalue weighted by Crippen LogP contribution is 2.48. The fraction of sp³-hybridized carbons (Fsp3) is 0.533. The molecule has 2 fully saturated rings. The largest absolute Gasteiger partial charge is 0.508 e. The van der Waals surface area contributed by atoms with Gasteiger partial charge in [0.25, 0.3) is 0 Å². The molecule has 4 heteroatoms. The highest BCUT2D eigenvalue weighted by molar-refractivity contribution is 5.86. The number of amides is 1. The second kappa shape index (κ2) is 4.53.